The zero-order valence-electron chi connectivity index (χ0n) is 18.1. The van der Waals surface area contributed by atoms with E-state index in [4.69, 9.17) is 0 Å². The van der Waals surface area contributed by atoms with Crippen LogP contribution >= 0.6 is 0 Å². The summed E-state index contributed by atoms with van der Waals surface area (Å²) < 4.78 is 0. The third-order valence-electron chi connectivity index (χ3n) is 5.75. The molecule has 1 fully saturated rings. The largest absolute Gasteiger partial charge is 0.384 e. The summed E-state index contributed by atoms with van der Waals surface area (Å²) in [6.45, 7) is 6.52. The van der Waals surface area contributed by atoms with Gasteiger partial charge < -0.3 is 20.9 Å². The number of nitrogens with zero attached hydrogens (tertiary/aromatic N) is 1. The molecule has 0 aliphatic carbocycles. The molecule has 164 valence electrons. The number of benzene rings is 1. The monoisotopic (exact) mass is 414 g/mol. The molecule has 0 saturated carbocycles. The van der Waals surface area contributed by atoms with Crippen LogP contribution in [0.25, 0.3) is 0 Å². The molecular formula is C23H34N4O3. The second kappa shape index (κ2) is 12.1. The van der Waals surface area contributed by atoms with Crippen molar-refractivity contribution in [1.82, 2.24) is 15.5 Å². The van der Waals surface area contributed by atoms with Crippen molar-refractivity contribution in [1.29, 1.82) is 0 Å². The van der Waals surface area contributed by atoms with Crippen LogP contribution in [0, 0.1) is 5.92 Å². The van der Waals surface area contributed by atoms with Crippen molar-refractivity contribution in [3.63, 3.8) is 0 Å². The second-order valence-corrected chi connectivity index (χ2v) is 7.71. The zero-order valence-corrected chi connectivity index (χ0v) is 18.1. The lowest BCUT2D eigenvalue weighted by Gasteiger charge is -2.28. The summed E-state index contributed by atoms with van der Waals surface area (Å²) >= 11 is 0. The fourth-order valence-corrected chi connectivity index (χ4v) is 3.90. The van der Waals surface area contributed by atoms with Crippen LogP contribution in [0.1, 0.15) is 52.8 Å². The van der Waals surface area contributed by atoms with E-state index in [0.717, 1.165) is 38.9 Å². The molecule has 1 aromatic carbocycles. The van der Waals surface area contributed by atoms with Gasteiger partial charge in [0.05, 0.1) is 5.56 Å². The minimum Gasteiger partial charge on any atom is -0.384 e. The highest BCUT2D eigenvalue weighted by Crippen LogP contribution is 2.24. The third-order valence-corrected chi connectivity index (χ3v) is 5.75. The topological polar surface area (TPSA) is 90.5 Å². The molecule has 2 rings (SSSR count). The molecule has 7 heteroatoms. The SMILES string of the molecule is C=CCCC(C(=O)NC)N(C)C(=O)c1c(C=O)cccc1NCCC1CCNCC1. The van der Waals surface area contributed by atoms with Crippen molar-refractivity contribution in [2.45, 2.75) is 38.1 Å². The Morgan fingerprint density at radius 2 is 2.07 bits per heavy atom. The van der Waals surface area contributed by atoms with E-state index in [9.17, 15) is 14.4 Å². The number of rotatable bonds is 11. The highest BCUT2D eigenvalue weighted by molar-refractivity contribution is 6.07. The van der Waals surface area contributed by atoms with Crippen molar-refractivity contribution in [3.05, 3.63) is 42.0 Å². The summed E-state index contributed by atoms with van der Waals surface area (Å²) in [7, 11) is 3.15. The minimum atomic E-state index is -0.636. The van der Waals surface area contributed by atoms with E-state index in [1.54, 1.807) is 32.3 Å². The first-order valence-electron chi connectivity index (χ1n) is 10.7. The fraction of sp³-hybridized carbons (Fsp3) is 0.522. The quantitative estimate of drug-likeness (QED) is 0.382. The number of hydrogen-bond donors (Lipinski definition) is 3. The van der Waals surface area contributed by atoms with Gasteiger partial charge in [0.15, 0.2) is 6.29 Å². The van der Waals surface area contributed by atoms with Crippen molar-refractivity contribution in [3.8, 4) is 0 Å². The molecule has 0 spiro atoms. The third kappa shape index (κ3) is 6.16. The van der Waals surface area contributed by atoms with Gasteiger partial charge in [0.1, 0.15) is 6.04 Å². The van der Waals surface area contributed by atoms with Gasteiger partial charge in [-0.1, -0.05) is 18.2 Å². The number of piperidine rings is 1. The van der Waals surface area contributed by atoms with Gasteiger partial charge in [0, 0.05) is 31.9 Å². The van der Waals surface area contributed by atoms with Crippen molar-refractivity contribution < 1.29 is 14.4 Å². The van der Waals surface area contributed by atoms with Gasteiger partial charge in [-0.2, -0.15) is 0 Å². The van der Waals surface area contributed by atoms with E-state index in [1.165, 1.54) is 4.90 Å². The van der Waals surface area contributed by atoms with Gasteiger partial charge in [0.2, 0.25) is 5.91 Å². The Hall–Kier alpha value is -2.67. The van der Waals surface area contributed by atoms with Crippen molar-refractivity contribution >= 4 is 23.8 Å². The number of carbonyl (C=O) groups is 3. The van der Waals surface area contributed by atoms with Crippen LogP contribution in [0.4, 0.5) is 5.69 Å². The van der Waals surface area contributed by atoms with Crippen LogP contribution in [-0.2, 0) is 4.79 Å². The Bertz CT molecular complexity index is 744. The molecular weight excluding hydrogens is 380 g/mol. The number of hydrogen-bond acceptors (Lipinski definition) is 5. The van der Waals surface area contributed by atoms with Gasteiger partial charge in [-0.25, -0.2) is 0 Å². The number of nitrogens with one attached hydrogen (secondary N) is 3. The summed E-state index contributed by atoms with van der Waals surface area (Å²) in [5.74, 6) is 0.0720. The summed E-state index contributed by atoms with van der Waals surface area (Å²) in [6.07, 6.45) is 6.80. The van der Waals surface area contributed by atoms with Crippen LogP contribution in [0.15, 0.2) is 30.9 Å². The molecule has 2 amide bonds. The van der Waals surface area contributed by atoms with Gasteiger partial charge in [-0.15, -0.1) is 6.58 Å². The van der Waals surface area contributed by atoms with E-state index >= 15 is 0 Å². The normalized spacial score (nSPS) is 15.1. The first-order valence-corrected chi connectivity index (χ1v) is 10.7. The standard InChI is InChI=1S/C23H34N4O3/c1-4-5-9-20(22(29)24-2)27(3)23(30)21-18(16-28)7-6-8-19(21)26-15-12-17-10-13-25-14-11-17/h4,6-8,16-17,20,25-26H,1,5,9-15H2,2-3H3,(H,24,29). The smallest absolute Gasteiger partial charge is 0.257 e. The van der Waals surface area contributed by atoms with Crippen LogP contribution in [0.5, 0.6) is 0 Å². The molecule has 1 atom stereocenters. The molecule has 7 nitrogen and oxygen atoms in total. The van der Waals surface area contributed by atoms with Crippen LogP contribution in [0.2, 0.25) is 0 Å². The van der Waals surface area contributed by atoms with E-state index in [2.05, 4.69) is 22.5 Å². The molecule has 1 saturated heterocycles. The highest BCUT2D eigenvalue weighted by atomic mass is 16.2. The predicted octanol–water partition coefficient (Wildman–Crippen LogP) is 2.45. The lowest BCUT2D eigenvalue weighted by atomic mass is 9.94. The summed E-state index contributed by atoms with van der Waals surface area (Å²) in [5.41, 5.74) is 1.26. The van der Waals surface area contributed by atoms with Crippen LogP contribution < -0.4 is 16.0 Å². The van der Waals surface area contributed by atoms with Crippen molar-refractivity contribution in [2.24, 2.45) is 5.92 Å². The van der Waals surface area contributed by atoms with Crippen LogP contribution in [-0.4, -0.2) is 62.8 Å². The predicted molar refractivity (Wildman–Crippen MR) is 120 cm³/mol. The van der Waals surface area contributed by atoms with Gasteiger partial charge in [0.25, 0.3) is 5.91 Å². The number of likely N-dealkylation sites (N-methyl/N-ethyl adjacent to an activating group) is 2. The fourth-order valence-electron chi connectivity index (χ4n) is 3.90. The Labute approximate surface area is 179 Å². The zero-order chi connectivity index (χ0) is 21.9. The Morgan fingerprint density at radius 1 is 1.33 bits per heavy atom. The lowest BCUT2D eigenvalue weighted by molar-refractivity contribution is -0.125. The maximum atomic E-state index is 13.3. The molecule has 1 aliphatic heterocycles. The number of anilines is 1. The summed E-state index contributed by atoms with van der Waals surface area (Å²) in [4.78, 5) is 38.8. The second-order valence-electron chi connectivity index (χ2n) is 7.71. The molecule has 0 bridgehead atoms. The average Bonchev–Trinajstić information content (AvgIpc) is 2.78. The van der Waals surface area contributed by atoms with Crippen LogP contribution in [0.3, 0.4) is 0 Å². The molecule has 30 heavy (non-hydrogen) atoms. The summed E-state index contributed by atoms with van der Waals surface area (Å²) in [5, 5.41) is 9.34. The van der Waals surface area contributed by atoms with E-state index in [0.29, 0.717) is 41.9 Å². The highest BCUT2D eigenvalue weighted by Gasteiger charge is 2.29. The molecule has 1 unspecified atom stereocenters. The summed E-state index contributed by atoms with van der Waals surface area (Å²) in [6, 6.07) is 4.57. The molecule has 1 aliphatic rings. The van der Waals surface area contributed by atoms with Gasteiger partial charge >= 0.3 is 0 Å². The number of amides is 2. The number of carbonyl (C=O) groups excluding carboxylic acids is 3. The molecule has 0 aromatic heterocycles. The maximum Gasteiger partial charge on any atom is 0.257 e. The van der Waals surface area contributed by atoms with Crippen molar-refractivity contribution in [2.75, 3.05) is 39.0 Å². The average molecular weight is 415 g/mol. The first-order chi connectivity index (χ1) is 14.5. The first kappa shape index (κ1) is 23.6. The molecule has 1 heterocycles. The van der Waals surface area contributed by atoms with Gasteiger partial charge in [-0.05, 0) is 57.2 Å². The van der Waals surface area contributed by atoms with E-state index in [-0.39, 0.29) is 11.8 Å². The molecule has 0 radical (unpaired) electrons. The molecule has 3 N–H and O–H groups in total. The Morgan fingerprint density at radius 3 is 2.70 bits per heavy atom. The molecule has 1 aromatic rings. The minimum absolute atomic E-state index is 0.239. The van der Waals surface area contributed by atoms with E-state index in [1.807, 2.05) is 6.07 Å². The Balaban J connectivity index is 2.19. The lowest BCUT2D eigenvalue weighted by Crippen LogP contribution is -2.47. The number of aldehydes is 1. The Kier molecular flexibility index (Phi) is 9.54. The van der Waals surface area contributed by atoms with E-state index < -0.39 is 6.04 Å². The maximum absolute atomic E-state index is 13.3. The van der Waals surface area contributed by atoms with Gasteiger partial charge in [-0.3, -0.25) is 14.4 Å². The number of allylic oxidation sites excluding steroid dienone is 1.